The fourth-order valence-corrected chi connectivity index (χ4v) is 4.49. The highest BCUT2D eigenvalue weighted by atomic mass is 14.3. The summed E-state index contributed by atoms with van der Waals surface area (Å²) in [4.78, 5) is 0. The van der Waals surface area contributed by atoms with E-state index < -0.39 is 0 Å². The number of hydrogen-bond donors (Lipinski definition) is 0. The Hall–Kier alpha value is -1.56. The van der Waals surface area contributed by atoms with Crippen molar-refractivity contribution in [2.24, 2.45) is 0 Å². The van der Waals surface area contributed by atoms with Crippen LogP contribution in [0.5, 0.6) is 0 Å². The highest BCUT2D eigenvalue weighted by Crippen LogP contribution is 2.41. The normalized spacial score (nSPS) is 12.9. The van der Waals surface area contributed by atoms with Gasteiger partial charge in [0.2, 0.25) is 0 Å². The van der Waals surface area contributed by atoms with Gasteiger partial charge in [0.1, 0.15) is 0 Å². The van der Waals surface area contributed by atoms with Crippen molar-refractivity contribution in [3.8, 4) is 11.1 Å². The van der Waals surface area contributed by atoms with Crippen LogP contribution in [-0.2, 0) is 10.8 Å². The van der Waals surface area contributed by atoms with Crippen LogP contribution in [0.4, 0.5) is 0 Å². The molecule has 2 rings (SSSR count). The molecule has 0 nitrogen and oxygen atoms in total. The van der Waals surface area contributed by atoms with Crippen molar-refractivity contribution in [1.29, 1.82) is 0 Å². The van der Waals surface area contributed by atoms with Gasteiger partial charge in [-0.15, -0.1) is 0 Å². The molecule has 0 amide bonds. The first kappa shape index (κ1) is 22.7. The fraction of sp³-hybridized carbons (Fsp3) is 0.571. The zero-order valence-corrected chi connectivity index (χ0v) is 20.5. The maximum absolute atomic E-state index is 2.48. The Balaban J connectivity index is 2.87. The molecular weight excluding hydrogens is 336 g/mol. The molecule has 0 aliphatic carbocycles. The van der Waals surface area contributed by atoms with E-state index in [0.717, 1.165) is 0 Å². The molecule has 28 heavy (non-hydrogen) atoms. The number of aryl methyl sites for hydroxylation is 2. The molecule has 0 heterocycles. The zero-order valence-electron chi connectivity index (χ0n) is 20.5. The zero-order chi connectivity index (χ0) is 21.6. The van der Waals surface area contributed by atoms with Gasteiger partial charge in [-0.3, -0.25) is 0 Å². The molecule has 0 atom stereocenters. The third-order valence-corrected chi connectivity index (χ3v) is 5.94. The summed E-state index contributed by atoms with van der Waals surface area (Å²) < 4.78 is 0. The van der Waals surface area contributed by atoms with Gasteiger partial charge in [0, 0.05) is 0 Å². The van der Waals surface area contributed by atoms with Crippen LogP contribution in [0.1, 0.15) is 114 Å². The predicted octanol–water partition coefficient (Wildman–Crippen LogP) is 8.81. The van der Waals surface area contributed by atoms with Crippen LogP contribution in [-0.4, -0.2) is 0 Å². The molecule has 154 valence electrons. The van der Waals surface area contributed by atoms with Gasteiger partial charge >= 0.3 is 0 Å². The minimum Gasteiger partial charge on any atom is -0.0587 e. The molecule has 0 heteroatoms. The molecule has 0 saturated carbocycles. The Kier molecular flexibility index (Phi) is 6.25. The van der Waals surface area contributed by atoms with Gasteiger partial charge < -0.3 is 0 Å². The molecule has 0 bridgehead atoms. The summed E-state index contributed by atoms with van der Waals surface area (Å²) in [5.74, 6) is 0.999. The third-order valence-electron chi connectivity index (χ3n) is 5.94. The number of hydrogen-bond acceptors (Lipinski definition) is 0. The molecule has 2 aromatic rings. The fourth-order valence-electron chi connectivity index (χ4n) is 4.49. The van der Waals surface area contributed by atoms with Crippen LogP contribution < -0.4 is 0 Å². The Morgan fingerprint density at radius 2 is 0.821 bits per heavy atom. The smallest absolute Gasteiger partial charge is 0.0129 e. The first-order valence-corrected chi connectivity index (χ1v) is 10.9. The second-order valence-corrected chi connectivity index (χ2v) is 11.3. The Bertz CT molecular complexity index is 776. The van der Waals surface area contributed by atoms with E-state index in [0.29, 0.717) is 11.8 Å². The van der Waals surface area contributed by atoms with Gasteiger partial charge in [0.05, 0.1) is 0 Å². The average Bonchev–Trinajstić information content (AvgIpc) is 2.51. The summed E-state index contributed by atoms with van der Waals surface area (Å²) in [5.41, 5.74) is 11.9. The lowest BCUT2D eigenvalue weighted by atomic mass is 9.76. The van der Waals surface area contributed by atoms with Gasteiger partial charge in [-0.1, -0.05) is 93.5 Å². The summed E-state index contributed by atoms with van der Waals surface area (Å²) >= 11 is 0. The largest absolute Gasteiger partial charge is 0.0587 e. The highest BCUT2D eigenvalue weighted by molar-refractivity contribution is 5.75. The van der Waals surface area contributed by atoms with E-state index in [-0.39, 0.29) is 10.8 Å². The molecule has 0 unspecified atom stereocenters. The number of benzene rings is 2. The van der Waals surface area contributed by atoms with E-state index in [1.165, 1.54) is 44.5 Å². The maximum atomic E-state index is 2.48. The molecule has 0 aliphatic rings. The van der Waals surface area contributed by atoms with Crippen molar-refractivity contribution in [2.75, 3.05) is 0 Å². The molecule has 0 aromatic heterocycles. The highest BCUT2D eigenvalue weighted by Gasteiger charge is 2.24. The molecule has 0 N–H and O–H groups in total. The van der Waals surface area contributed by atoms with E-state index in [1.54, 1.807) is 0 Å². The molecule has 0 fully saturated rings. The van der Waals surface area contributed by atoms with Crippen LogP contribution in [0.2, 0.25) is 0 Å². The second-order valence-electron chi connectivity index (χ2n) is 11.3. The van der Waals surface area contributed by atoms with Crippen LogP contribution in [0.15, 0.2) is 24.3 Å². The van der Waals surface area contributed by atoms with Gasteiger partial charge in [0.15, 0.2) is 0 Å². The Labute approximate surface area is 174 Å². The SMILES string of the molecule is Cc1cc(-c2cc(C)c(C(C)(C)C)cc2C(C)C)c(C(C)C)cc1C(C)(C)C. The van der Waals surface area contributed by atoms with E-state index in [2.05, 4.69) is 107 Å². The molecule has 0 radical (unpaired) electrons. The van der Waals surface area contributed by atoms with E-state index in [4.69, 9.17) is 0 Å². The number of rotatable bonds is 3. The monoisotopic (exact) mass is 378 g/mol. The molecule has 2 aromatic carbocycles. The van der Waals surface area contributed by atoms with Crippen LogP contribution in [0, 0.1) is 13.8 Å². The standard InChI is InChI=1S/C28H42/c1-17(2)21-15-25(27(7,8)9)19(5)13-23(21)24-14-20(6)26(28(10,11)12)16-22(24)18(3)4/h13-18H,1-12H3. The van der Waals surface area contributed by atoms with E-state index in [9.17, 15) is 0 Å². The van der Waals surface area contributed by atoms with E-state index in [1.807, 2.05) is 0 Å². The van der Waals surface area contributed by atoms with Crippen LogP contribution in [0.3, 0.4) is 0 Å². The maximum Gasteiger partial charge on any atom is -0.0129 e. The first-order chi connectivity index (χ1) is 12.6. The topological polar surface area (TPSA) is 0 Å². The second kappa shape index (κ2) is 7.69. The van der Waals surface area contributed by atoms with Crippen molar-refractivity contribution in [1.82, 2.24) is 0 Å². The molecular formula is C28H42. The summed E-state index contributed by atoms with van der Waals surface area (Å²) in [6.07, 6.45) is 0. The predicted molar refractivity (Wildman–Crippen MR) is 127 cm³/mol. The van der Waals surface area contributed by atoms with Crippen molar-refractivity contribution in [2.45, 2.75) is 106 Å². The van der Waals surface area contributed by atoms with Gasteiger partial charge in [-0.05, 0) is 81.0 Å². The molecule has 0 spiro atoms. The van der Waals surface area contributed by atoms with Crippen molar-refractivity contribution in [3.05, 3.63) is 57.6 Å². The Morgan fingerprint density at radius 3 is 1.04 bits per heavy atom. The van der Waals surface area contributed by atoms with E-state index >= 15 is 0 Å². The van der Waals surface area contributed by atoms with Crippen LogP contribution in [0.25, 0.3) is 11.1 Å². The van der Waals surface area contributed by atoms with Gasteiger partial charge in [-0.2, -0.15) is 0 Å². The van der Waals surface area contributed by atoms with Gasteiger partial charge in [-0.25, -0.2) is 0 Å². The Morgan fingerprint density at radius 1 is 0.536 bits per heavy atom. The summed E-state index contributed by atoms with van der Waals surface area (Å²) in [7, 11) is 0. The lowest BCUT2D eigenvalue weighted by Gasteiger charge is -2.29. The summed E-state index contributed by atoms with van der Waals surface area (Å²) in [6, 6.07) is 9.86. The van der Waals surface area contributed by atoms with Crippen LogP contribution >= 0.6 is 0 Å². The lowest BCUT2D eigenvalue weighted by Crippen LogP contribution is -2.16. The summed E-state index contributed by atoms with van der Waals surface area (Å²) in [5, 5.41) is 0. The average molecular weight is 379 g/mol. The quantitative estimate of drug-likeness (QED) is 0.500. The molecule has 0 saturated heterocycles. The molecule has 0 aliphatic heterocycles. The van der Waals surface area contributed by atoms with Crippen molar-refractivity contribution in [3.63, 3.8) is 0 Å². The van der Waals surface area contributed by atoms with Crippen molar-refractivity contribution >= 4 is 0 Å². The van der Waals surface area contributed by atoms with Crippen molar-refractivity contribution < 1.29 is 0 Å². The summed E-state index contributed by atoms with van der Waals surface area (Å²) in [6.45, 7) is 27.8. The third kappa shape index (κ3) is 4.53. The lowest BCUT2D eigenvalue weighted by molar-refractivity contribution is 0.583. The van der Waals surface area contributed by atoms with Gasteiger partial charge in [0.25, 0.3) is 0 Å². The first-order valence-electron chi connectivity index (χ1n) is 10.9. The minimum atomic E-state index is 0.166. The minimum absolute atomic E-state index is 0.166.